The summed E-state index contributed by atoms with van der Waals surface area (Å²) in [4.78, 5) is 0. The number of benzene rings is 4. The molecule has 0 aromatic heterocycles. The Balaban J connectivity index is 0.000000198. The molecule has 17 heteroatoms. The molecule has 8 rings (SSSR count). The van der Waals surface area contributed by atoms with E-state index in [1.165, 1.54) is 16.4 Å². The van der Waals surface area contributed by atoms with Gasteiger partial charge in [-0.2, -0.15) is 0 Å². The topological polar surface area (TPSA) is 215 Å². The average molecular weight is 1040 g/mol. The van der Waals surface area contributed by atoms with Gasteiger partial charge in [-0.1, -0.05) is 169 Å². The van der Waals surface area contributed by atoms with Crippen LogP contribution in [-0.2, 0) is 37.3 Å². The van der Waals surface area contributed by atoms with Gasteiger partial charge in [-0.15, -0.1) is 6.58 Å². The number of hydrogen-bond donors (Lipinski definition) is 7. The second-order valence-corrected chi connectivity index (χ2v) is 30.3. The number of rotatable bonds is 14. The highest BCUT2D eigenvalue weighted by Gasteiger charge is 2.57. The fourth-order valence-electron chi connectivity index (χ4n) is 10.2. The van der Waals surface area contributed by atoms with E-state index >= 15 is 0 Å². The van der Waals surface area contributed by atoms with Gasteiger partial charge in [0.25, 0.3) is 16.6 Å². The summed E-state index contributed by atoms with van der Waals surface area (Å²) in [6.07, 6.45) is -9.01. The molecule has 5 unspecified atom stereocenters. The van der Waals surface area contributed by atoms with Crippen LogP contribution in [-0.4, -0.2) is 157 Å². The second-order valence-electron chi connectivity index (χ2n) is 21.7. The largest absolute Gasteiger partial charge is 0.405 e. The summed E-state index contributed by atoms with van der Waals surface area (Å²) in [5.41, 5.74) is 0. The number of ether oxygens (including phenoxy) is 6. The van der Waals surface area contributed by atoms with Gasteiger partial charge < -0.3 is 73.0 Å². The third kappa shape index (κ3) is 12.6. The highest BCUT2D eigenvalue weighted by molar-refractivity contribution is 7.00. The zero-order valence-corrected chi connectivity index (χ0v) is 45.3. The fourth-order valence-corrected chi connectivity index (χ4v) is 19.4. The molecule has 0 radical (unpaired) electrons. The lowest BCUT2D eigenvalue weighted by atomic mass is 10.0. The first-order valence-electron chi connectivity index (χ1n) is 24.7. The minimum Gasteiger partial charge on any atom is -0.405 e. The minimum atomic E-state index is -2.80. The van der Waals surface area contributed by atoms with Crippen molar-refractivity contribution in [3.05, 3.63) is 134 Å². The maximum Gasteiger partial charge on any atom is 0.261 e. The lowest BCUT2D eigenvalue weighted by Gasteiger charge is -2.43. The van der Waals surface area contributed by atoms with Crippen molar-refractivity contribution in [2.45, 2.75) is 165 Å². The van der Waals surface area contributed by atoms with Gasteiger partial charge in [-0.3, -0.25) is 0 Å². The second kappa shape index (κ2) is 23.6. The van der Waals surface area contributed by atoms with Crippen molar-refractivity contribution in [3.63, 3.8) is 0 Å². The summed E-state index contributed by atoms with van der Waals surface area (Å²) in [7, 11) is -5.47. The van der Waals surface area contributed by atoms with E-state index in [1.54, 1.807) is 13.8 Å². The fraction of sp³-hybridized carbons (Fsp3) is 0.527. The van der Waals surface area contributed by atoms with Crippen LogP contribution in [0.15, 0.2) is 134 Å². The first-order valence-corrected chi connectivity index (χ1v) is 28.5. The highest BCUT2D eigenvalue weighted by atomic mass is 28.4. The molecular formula is C55H78O15Si2. The van der Waals surface area contributed by atoms with Crippen LogP contribution in [0.5, 0.6) is 0 Å². The van der Waals surface area contributed by atoms with Gasteiger partial charge in [0.1, 0.15) is 61.0 Å². The van der Waals surface area contributed by atoms with E-state index in [0.29, 0.717) is 6.61 Å². The van der Waals surface area contributed by atoms with Gasteiger partial charge in [0.05, 0.1) is 19.8 Å². The van der Waals surface area contributed by atoms with E-state index in [1.807, 2.05) is 62.4 Å². The first-order chi connectivity index (χ1) is 33.8. The van der Waals surface area contributed by atoms with E-state index in [0.717, 1.165) is 10.4 Å². The lowest BCUT2D eigenvalue weighted by Crippen LogP contribution is -2.67. The Morgan fingerprint density at radius 3 is 1.32 bits per heavy atom. The molecule has 4 aromatic rings. The van der Waals surface area contributed by atoms with Gasteiger partial charge in [0.15, 0.2) is 24.2 Å². The predicted octanol–water partition coefficient (Wildman–Crippen LogP) is 3.21. The van der Waals surface area contributed by atoms with Crippen molar-refractivity contribution in [1.82, 2.24) is 0 Å². The molecule has 72 heavy (non-hydrogen) atoms. The van der Waals surface area contributed by atoms with Crippen LogP contribution in [0, 0.1) is 0 Å². The molecule has 4 heterocycles. The Hall–Kier alpha value is -3.55. The third-order valence-electron chi connectivity index (χ3n) is 13.5. The van der Waals surface area contributed by atoms with Gasteiger partial charge in [0, 0.05) is 0 Å². The molecule has 0 saturated carbocycles. The molecule has 0 aliphatic carbocycles. The molecule has 4 aliphatic rings. The van der Waals surface area contributed by atoms with E-state index in [4.69, 9.17) is 53.0 Å². The summed E-state index contributed by atoms with van der Waals surface area (Å²) in [6.45, 7) is 24.2. The Bertz CT molecular complexity index is 2200. The van der Waals surface area contributed by atoms with Crippen molar-refractivity contribution >= 4 is 37.4 Å². The van der Waals surface area contributed by atoms with Crippen LogP contribution >= 0.6 is 0 Å². The van der Waals surface area contributed by atoms with Gasteiger partial charge >= 0.3 is 0 Å². The molecule has 0 amide bonds. The number of fused-ring (bicyclic) bond motifs is 1. The maximum absolute atomic E-state index is 11.2. The SMILES string of the molecule is C=C[C@H](O)[C@@H]1OC(C)(C)OC1[C@H](O)CO[Si](c1ccccc1)(c1ccccc1)C(C)(C)C.CC1(C)OC2[C@@H](O1)C(O)O[C@@H]2CO[Si](c1ccccc1)(c1ccccc1)C(C)(C)C.OCC1OC(O)[C@H](O)[C@@H]1O. The molecule has 4 fully saturated rings. The summed E-state index contributed by atoms with van der Waals surface area (Å²) in [6, 6.07) is 41.5. The summed E-state index contributed by atoms with van der Waals surface area (Å²) in [5.74, 6) is -1.66. The molecule has 0 spiro atoms. The zero-order chi connectivity index (χ0) is 52.9. The lowest BCUT2D eigenvalue weighted by molar-refractivity contribution is -0.222. The molecule has 15 nitrogen and oxygen atoms in total. The molecule has 4 aromatic carbocycles. The van der Waals surface area contributed by atoms with Gasteiger partial charge in [-0.25, -0.2) is 0 Å². The van der Waals surface area contributed by atoms with E-state index in [-0.39, 0.29) is 22.8 Å². The van der Waals surface area contributed by atoms with Crippen molar-refractivity contribution < 1.29 is 73.0 Å². The molecule has 12 atom stereocenters. The smallest absolute Gasteiger partial charge is 0.261 e. The monoisotopic (exact) mass is 1030 g/mol. The average Bonchev–Trinajstić information content (AvgIpc) is 4.03. The molecule has 0 bridgehead atoms. The Morgan fingerprint density at radius 1 is 0.556 bits per heavy atom. The normalized spacial score (nSPS) is 28.7. The first kappa shape index (κ1) is 57.7. The maximum atomic E-state index is 11.2. The van der Waals surface area contributed by atoms with Crippen molar-refractivity contribution in [3.8, 4) is 0 Å². The molecule has 7 N–H and O–H groups in total. The standard InChI is InChI=1S/C26H36O5Si.C24H32O5Si.C5H10O5/c1-7-21(27)23-24(31-26(5,6)30-23)22(28)18-29-32(25(2,3)4,19-14-10-8-11-15-19)20-16-12-9-13-17-20;1-23(2,3)30(17-12-8-6-9-13-17,18-14-10-7-11-15-18)26-16-19-20-21(22(25)27-19)29-24(4,5)28-20;6-1-2-3(7)4(8)5(9)10-2/h7-17,21-24,27-28H,1,18H2,2-6H3;6-15,19-22,25H,16H2,1-5H3;2-9H,1H2/t21-,22+,23-,24?;19-,20?,21-,22?;2?,3-,4-,5?/m011/s1. The Kier molecular flexibility index (Phi) is 18.9. The van der Waals surface area contributed by atoms with E-state index < -0.39 is 102 Å². The number of aliphatic hydroxyl groups is 7. The Morgan fingerprint density at radius 2 is 0.944 bits per heavy atom. The highest BCUT2D eigenvalue weighted by Crippen LogP contribution is 2.42. The van der Waals surface area contributed by atoms with Gasteiger partial charge in [0.2, 0.25) is 0 Å². The quantitative estimate of drug-likeness (QED) is 0.0714. The summed E-state index contributed by atoms with van der Waals surface area (Å²) in [5, 5.41) is 71.2. The zero-order valence-electron chi connectivity index (χ0n) is 43.3. The molecule has 396 valence electrons. The van der Waals surface area contributed by atoms with Crippen LogP contribution in [0.25, 0.3) is 0 Å². The number of hydrogen-bond acceptors (Lipinski definition) is 15. The minimum absolute atomic E-state index is 0.0533. The van der Waals surface area contributed by atoms with Gasteiger partial charge in [-0.05, 0) is 58.5 Å². The summed E-state index contributed by atoms with van der Waals surface area (Å²) < 4.78 is 47.8. The summed E-state index contributed by atoms with van der Waals surface area (Å²) >= 11 is 0. The van der Waals surface area contributed by atoms with E-state index in [2.05, 4.69) is 126 Å². The van der Waals surface area contributed by atoms with Crippen molar-refractivity contribution in [2.24, 2.45) is 0 Å². The molecule has 4 saturated heterocycles. The van der Waals surface area contributed by atoms with Crippen LogP contribution in [0.1, 0.15) is 69.2 Å². The third-order valence-corrected chi connectivity index (χ3v) is 23.5. The van der Waals surface area contributed by atoms with Crippen LogP contribution in [0.3, 0.4) is 0 Å². The molecular weight excluding hydrogens is 957 g/mol. The van der Waals surface area contributed by atoms with Crippen LogP contribution < -0.4 is 20.7 Å². The molecule has 4 aliphatic heterocycles. The van der Waals surface area contributed by atoms with Crippen LogP contribution in [0.2, 0.25) is 10.1 Å². The van der Waals surface area contributed by atoms with E-state index in [9.17, 15) is 15.3 Å². The van der Waals surface area contributed by atoms with Crippen LogP contribution in [0.4, 0.5) is 0 Å². The van der Waals surface area contributed by atoms with Crippen molar-refractivity contribution in [2.75, 3.05) is 19.8 Å². The number of aliphatic hydroxyl groups excluding tert-OH is 7. The van der Waals surface area contributed by atoms with Crippen molar-refractivity contribution in [1.29, 1.82) is 0 Å². The Labute approximate surface area is 427 Å². The predicted molar refractivity (Wildman–Crippen MR) is 278 cm³/mol.